The second-order valence-corrected chi connectivity index (χ2v) is 8.92. The van der Waals surface area contributed by atoms with E-state index >= 15 is 0 Å². The number of anilines is 1. The number of Topliss-reactive ketones (excluding diaryl/α,β-unsaturated/α-hetero) is 1. The standard InChI is InChI=1S/C18H23NO5S/c1-11(24-18(21)16-10-12-3-4-14(16)9-12)17(20)13-5-7-15(8-6-13)19-25(2,22)23/h5-8,11-12,14,16,19H,3-4,9-10H2,1-2H3/t11-,12+,14+,16-/m1/s1. The summed E-state index contributed by atoms with van der Waals surface area (Å²) in [5, 5.41) is 0. The van der Waals surface area contributed by atoms with E-state index < -0.39 is 16.1 Å². The van der Waals surface area contributed by atoms with Crippen molar-refractivity contribution in [3.05, 3.63) is 29.8 Å². The van der Waals surface area contributed by atoms with Gasteiger partial charge in [-0.15, -0.1) is 0 Å². The predicted molar refractivity (Wildman–Crippen MR) is 93.7 cm³/mol. The van der Waals surface area contributed by atoms with Crippen LogP contribution < -0.4 is 4.72 Å². The van der Waals surface area contributed by atoms with Gasteiger partial charge in [0, 0.05) is 11.3 Å². The monoisotopic (exact) mass is 365 g/mol. The summed E-state index contributed by atoms with van der Waals surface area (Å²) in [7, 11) is -3.36. The molecule has 1 aromatic carbocycles. The fourth-order valence-electron chi connectivity index (χ4n) is 4.00. The van der Waals surface area contributed by atoms with E-state index in [4.69, 9.17) is 4.74 Å². The molecule has 136 valence electrons. The van der Waals surface area contributed by atoms with E-state index in [9.17, 15) is 18.0 Å². The van der Waals surface area contributed by atoms with Crippen molar-refractivity contribution in [1.29, 1.82) is 0 Å². The zero-order chi connectivity index (χ0) is 18.2. The van der Waals surface area contributed by atoms with Gasteiger partial charge >= 0.3 is 5.97 Å². The molecule has 0 aliphatic heterocycles. The number of fused-ring (bicyclic) bond motifs is 2. The Bertz CT molecular complexity index is 771. The van der Waals surface area contributed by atoms with Gasteiger partial charge in [0.2, 0.25) is 15.8 Å². The second-order valence-electron chi connectivity index (χ2n) is 7.18. The minimum Gasteiger partial charge on any atom is -0.454 e. The summed E-state index contributed by atoms with van der Waals surface area (Å²) in [6, 6.07) is 6.08. The number of esters is 1. The van der Waals surface area contributed by atoms with Gasteiger partial charge < -0.3 is 4.74 Å². The Morgan fingerprint density at radius 3 is 2.36 bits per heavy atom. The molecule has 7 heteroatoms. The molecular weight excluding hydrogens is 342 g/mol. The molecule has 1 aromatic rings. The number of hydrogen-bond donors (Lipinski definition) is 1. The topological polar surface area (TPSA) is 89.5 Å². The van der Waals surface area contributed by atoms with Gasteiger partial charge in [0.05, 0.1) is 12.2 Å². The van der Waals surface area contributed by atoms with Crippen molar-refractivity contribution >= 4 is 27.5 Å². The molecule has 3 rings (SSSR count). The minimum atomic E-state index is -3.36. The highest BCUT2D eigenvalue weighted by Gasteiger charge is 2.44. The van der Waals surface area contributed by atoms with E-state index in [-0.39, 0.29) is 17.7 Å². The van der Waals surface area contributed by atoms with Gasteiger partial charge in [0.15, 0.2) is 6.10 Å². The first kappa shape index (κ1) is 17.9. The van der Waals surface area contributed by atoms with Crippen molar-refractivity contribution in [3.63, 3.8) is 0 Å². The summed E-state index contributed by atoms with van der Waals surface area (Å²) < 4.78 is 30.1. The zero-order valence-corrected chi connectivity index (χ0v) is 15.2. The van der Waals surface area contributed by atoms with E-state index in [0.717, 1.165) is 25.5 Å². The van der Waals surface area contributed by atoms with Crippen molar-refractivity contribution in [3.8, 4) is 0 Å². The number of benzene rings is 1. The van der Waals surface area contributed by atoms with Crippen molar-refractivity contribution in [2.24, 2.45) is 17.8 Å². The summed E-state index contributed by atoms with van der Waals surface area (Å²) in [5.41, 5.74) is 0.762. The Kier molecular flexibility index (Phi) is 4.86. The smallest absolute Gasteiger partial charge is 0.309 e. The third-order valence-electron chi connectivity index (χ3n) is 5.18. The lowest BCUT2D eigenvalue weighted by Crippen LogP contribution is -2.30. The Hall–Kier alpha value is -1.89. The van der Waals surface area contributed by atoms with Crippen molar-refractivity contribution in [2.75, 3.05) is 11.0 Å². The van der Waals surface area contributed by atoms with Crippen molar-refractivity contribution in [1.82, 2.24) is 0 Å². The number of carbonyl (C=O) groups is 2. The third-order valence-corrected chi connectivity index (χ3v) is 5.78. The zero-order valence-electron chi connectivity index (χ0n) is 14.4. The largest absolute Gasteiger partial charge is 0.454 e. The Labute approximate surface area is 148 Å². The molecule has 2 bridgehead atoms. The minimum absolute atomic E-state index is 0.0599. The van der Waals surface area contributed by atoms with Crippen LogP contribution in [0.15, 0.2) is 24.3 Å². The molecule has 0 aromatic heterocycles. The lowest BCUT2D eigenvalue weighted by atomic mass is 9.89. The highest BCUT2D eigenvalue weighted by Crippen LogP contribution is 2.48. The van der Waals surface area contributed by atoms with Crippen LogP contribution in [0.3, 0.4) is 0 Å². The van der Waals surface area contributed by atoms with Gasteiger partial charge in [-0.3, -0.25) is 14.3 Å². The first-order valence-electron chi connectivity index (χ1n) is 8.55. The predicted octanol–water partition coefficient (Wildman–Crippen LogP) is 2.61. The summed E-state index contributed by atoms with van der Waals surface area (Å²) in [5.74, 6) is 0.450. The average molecular weight is 365 g/mol. The molecule has 2 fully saturated rings. The molecule has 1 N–H and O–H groups in total. The number of hydrogen-bond acceptors (Lipinski definition) is 5. The Morgan fingerprint density at radius 2 is 1.84 bits per heavy atom. The summed E-state index contributed by atoms with van der Waals surface area (Å²) in [6.45, 7) is 1.58. The molecule has 25 heavy (non-hydrogen) atoms. The Balaban J connectivity index is 1.59. The highest BCUT2D eigenvalue weighted by atomic mass is 32.2. The number of ether oxygens (including phenoxy) is 1. The molecule has 6 nitrogen and oxygen atoms in total. The molecule has 2 saturated carbocycles. The van der Waals surface area contributed by atoms with E-state index in [0.29, 0.717) is 23.1 Å². The van der Waals surface area contributed by atoms with E-state index in [2.05, 4.69) is 4.72 Å². The molecule has 4 atom stereocenters. The van der Waals surface area contributed by atoms with Crippen molar-refractivity contribution < 1.29 is 22.7 Å². The number of carbonyl (C=O) groups excluding carboxylic acids is 2. The molecule has 2 aliphatic rings. The fraction of sp³-hybridized carbons (Fsp3) is 0.556. The van der Waals surface area contributed by atoms with Gasteiger partial charge in [0.1, 0.15) is 0 Å². The quantitative estimate of drug-likeness (QED) is 0.618. The van der Waals surface area contributed by atoms with Gasteiger partial charge in [-0.05, 0) is 62.3 Å². The van der Waals surface area contributed by atoms with Gasteiger partial charge in [-0.25, -0.2) is 8.42 Å². The Morgan fingerprint density at radius 1 is 1.16 bits per heavy atom. The van der Waals surface area contributed by atoms with E-state index in [1.165, 1.54) is 30.7 Å². The molecule has 0 heterocycles. The molecular formula is C18H23NO5S. The summed E-state index contributed by atoms with van der Waals surface area (Å²) in [6.07, 6.45) is 4.50. The molecule has 0 unspecified atom stereocenters. The SMILES string of the molecule is C[C@@H](OC(=O)[C@@H]1C[C@H]2CC[C@H]1C2)C(=O)c1ccc(NS(C)(=O)=O)cc1. The van der Waals surface area contributed by atoms with Crippen LogP contribution in [0, 0.1) is 17.8 Å². The van der Waals surface area contributed by atoms with Crippen LogP contribution in [0.1, 0.15) is 43.0 Å². The first-order chi connectivity index (χ1) is 11.7. The third kappa shape index (κ3) is 4.21. The lowest BCUT2D eigenvalue weighted by molar-refractivity contribution is -0.153. The van der Waals surface area contributed by atoms with E-state index in [1.54, 1.807) is 6.92 Å². The molecule has 0 saturated heterocycles. The lowest BCUT2D eigenvalue weighted by Gasteiger charge is -2.22. The van der Waals surface area contributed by atoms with Gasteiger partial charge in [0.25, 0.3) is 0 Å². The maximum absolute atomic E-state index is 12.4. The van der Waals surface area contributed by atoms with Crippen molar-refractivity contribution in [2.45, 2.75) is 38.7 Å². The number of sulfonamides is 1. The number of nitrogens with one attached hydrogen (secondary N) is 1. The summed E-state index contributed by atoms with van der Waals surface area (Å²) in [4.78, 5) is 24.8. The van der Waals surface area contributed by atoms with Crippen LogP contribution in [-0.4, -0.2) is 32.5 Å². The summed E-state index contributed by atoms with van der Waals surface area (Å²) >= 11 is 0. The van der Waals surface area contributed by atoms with Gasteiger partial charge in [-0.1, -0.05) is 6.42 Å². The average Bonchev–Trinajstić information content (AvgIpc) is 3.16. The maximum Gasteiger partial charge on any atom is 0.309 e. The highest BCUT2D eigenvalue weighted by molar-refractivity contribution is 7.92. The molecule has 0 radical (unpaired) electrons. The van der Waals surface area contributed by atoms with E-state index in [1.807, 2.05) is 0 Å². The maximum atomic E-state index is 12.4. The number of rotatable bonds is 6. The first-order valence-corrected chi connectivity index (χ1v) is 10.4. The van der Waals surface area contributed by atoms with Crippen LogP contribution in [0.4, 0.5) is 5.69 Å². The molecule has 0 amide bonds. The fourth-order valence-corrected chi connectivity index (χ4v) is 4.56. The number of ketones is 1. The van der Waals surface area contributed by atoms with Crippen LogP contribution in [0.25, 0.3) is 0 Å². The van der Waals surface area contributed by atoms with Crippen LogP contribution >= 0.6 is 0 Å². The normalized spacial score (nSPS) is 26.2. The molecule has 0 spiro atoms. The van der Waals surface area contributed by atoms with Crippen LogP contribution in [0.5, 0.6) is 0 Å². The van der Waals surface area contributed by atoms with Crippen LogP contribution in [-0.2, 0) is 19.6 Å². The van der Waals surface area contributed by atoms with Gasteiger partial charge in [-0.2, -0.15) is 0 Å². The van der Waals surface area contributed by atoms with Crippen LogP contribution in [0.2, 0.25) is 0 Å². The molecule has 2 aliphatic carbocycles. The second kappa shape index (κ2) is 6.78.